The van der Waals surface area contributed by atoms with Crippen molar-refractivity contribution < 1.29 is 14.3 Å². The third kappa shape index (κ3) is 3.58. The molecule has 0 aliphatic carbocycles. The van der Waals surface area contributed by atoms with Crippen molar-refractivity contribution in [3.05, 3.63) is 54.6 Å². The third-order valence-electron chi connectivity index (χ3n) is 2.76. The summed E-state index contributed by atoms with van der Waals surface area (Å²) in [5.41, 5.74) is 2.11. The monoisotopic (exact) mass is 256 g/mol. The van der Waals surface area contributed by atoms with Gasteiger partial charge >= 0.3 is 5.97 Å². The fourth-order valence-corrected chi connectivity index (χ4v) is 1.80. The largest absolute Gasteiger partial charge is 0.492 e. The standard InChI is InChI=1S/C16H16O3/c1-18-16(17)11-12-19-15-10-6-5-9-14(15)13-7-3-2-4-8-13/h2-10H,11-12H2,1H3. The molecule has 98 valence electrons. The summed E-state index contributed by atoms with van der Waals surface area (Å²) >= 11 is 0. The molecular formula is C16H16O3. The minimum atomic E-state index is -0.266. The Morgan fingerprint density at radius 1 is 1.00 bits per heavy atom. The Kier molecular flexibility index (Phi) is 4.56. The maximum atomic E-state index is 11.1. The molecule has 2 aromatic rings. The minimum absolute atomic E-state index is 0.250. The van der Waals surface area contributed by atoms with Crippen molar-refractivity contribution in [2.45, 2.75) is 6.42 Å². The molecule has 0 fully saturated rings. The van der Waals surface area contributed by atoms with E-state index in [0.717, 1.165) is 16.9 Å². The Balaban J connectivity index is 2.11. The van der Waals surface area contributed by atoms with Gasteiger partial charge in [-0.3, -0.25) is 4.79 Å². The third-order valence-corrected chi connectivity index (χ3v) is 2.76. The quantitative estimate of drug-likeness (QED) is 0.770. The molecule has 2 aromatic carbocycles. The first-order valence-electron chi connectivity index (χ1n) is 6.15. The number of carbonyl (C=O) groups is 1. The Labute approximate surface area is 112 Å². The smallest absolute Gasteiger partial charge is 0.308 e. The van der Waals surface area contributed by atoms with Gasteiger partial charge < -0.3 is 9.47 Å². The molecule has 0 radical (unpaired) electrons. The highest BCUT2D eigenvalue weighted by atomic mass is 16.5. The van der Waals surface area contributed by atoms with E-state index in [0.29, 0.717) is 6.61 Å². The average molecular weight is 256 g/mol. The molecule has 0 aliphatic rings. The van der Waals surface area contributed by atoms with E-state index in [1.807, 2.05) is 54.6 Å². The Morgan fingerprint density at radius 2 is 1.68 bits per heavy atom. The summed E-state index contributed by atoms with van der Waals surface area (Å²) in [4.78, 5) is 11.1. The second kappa shape index (κ2) is 6.59. The van der Waals surface area contributed by atoms with Crippen molar-refractivity contribution in [3.63, 3.8) is 0 Å². The van der Waals surface area contributed by atoms with E-state index in [2.05, 4.69) is 4.74 Å². The van der Waals surface area contributed by atoms with Gasteiger partial charge in [0.1, 0.15) is 5.75 Å². The number of carbonyl (C=O) groups excluding carboxylic acids is 1. The first-order chi connectivity index (χ1) is 9.31. The number of esters is 1. The van der Waals surface area contributed by atoms with Crippen molar-refractivity contribution in [3.8, 4) is 16.9 Å². The molecule has 0 saturated carbocycles. The SMILES string of the molecule is COC(=O)CCOc1ccccc1-c1ccccc1. The van der Waals surface area contributed by atoms with E-state index in [-0.39, 0.29) is 12.4 Å². The van der Waals surface area contributed by atoms with Crippen LogP contribution in [0.2, 0.25) is 0 Å². The number of ether oxygens (including phenoxy) is 2. The molecule has 2 rings (SSSR count). The molecule has 0 unspecified atom stereocenters. The van der Waals surface area contributed by atoms with Crippen LogP contribution in [0.1, 0.15) is 6.42 Å². The fraction of sp³-hybridized carbons (Fsp3) is 0.188. The maximum absolute atomic E-state index is 11.1. The molecule has 0 spiro atoms. The van der Waals surface area contributed by atoms with Crippen LogP contribution in [-0.4, -0.2) is 19.7 Å². The van der Waals surface area contributed by atoms with Crippen molar-refractivity contribution in [1.29, 1.82) is 0 Å². The lowest BCUT2D eigenvalue weighted by molar-refractivity contribution is -0.141. The number of methoxy groups -OCH3 is 1. The van der Waals surface area contributed by atoms with Crippen molar-refractivity contribution in [2.24, 2.45) is 0 Å². The maximum Gasteiger partial charge on any atom is 0.308 e. The molecular weight excluding hydrogens is 240 g/mol. The molecule has 0 heterocycles. The average Bonchev–Trinajstić information content (AvgIpc) is 2.48. The molecule has 3 nitrogen and oxygen atoms in total. The van der Waals surface area contributed by atoms with E-state index in [9.17, 15) is 4.79 Å². The molecule has 0 bridgehead atoms. The molecule has 0 aromatic heterocycles. The predicted molar refractivity (Wildman–Crippen MR) is 74.0 cm³/mol. The van der Waals surface area contributed by atoms with Gasteiger partial charge in [0.25, 0.3) is 0 Å². The molecule has 0 atom stereocenters. The van der Waals surface area contributed by atoms with Gasteiger partial charge in [-0.25, -0.2) is 0 Å². The van der Waals surface area contributed by atoms with Gasteiger partial charge in [-0.2, -0.15) is 0 Å². The highest BCUT2D eigenvalue weighted by Crippen LogP contribution is 2.29. The zero-order valence-corrected chi connectivity index (χ0v) is 10.8. The second-order valence-electron chi connectivity index (χ2n) is 4.04. The van der Waals surface area contributed by atoms with E-state index in [4.69, 9.17) is 4.74 Å². The number of hydrogen-bond donors (Lipinski definition) is 0. The molecule has 0 saturated heterocycles. The van der Waals surface area contributed by atoms with Crippen LogP contribution in [0, 0.1) is 0 Å². The molecule has 0 N–H and O–H groups in total. The van der Waals surface area contributed by atoms with Gasteiger partial charge in [0, 0.05) is 5.56 Å². The number of hydrogen-bond acceptors (Lipinski definition) is 3. The highest BCUT2D eigenvalue weighted by Gasteiger charge is 2.06. The summed E-state index contributed by atoms with van der Waals surface area (Å²) in [5, 5.41) is 0. The van der Waals surface area contributed by atoms with E-state index in [1.54, 1.807) is 0 Å². The normalized spacial score (nSPS) is 9.95. The summed E-state index contributed by atoms with van der Waals surface area (Å²) in [6.45, 7) is 0.316. The van der Waals surface area contributed by atoms with Crippen molar-refractivity contribution in [2.75, 3.05) is 13.7 Å². The Morgan fingerprint density at radius 3 is 2.42 bits per heavy atom. The van der Waals surface area contributed by atoms with Crippen LogP contribution in [0.5, 0.6) is 5.75 Å². The summed E-state index contributed by atoms with van der Waals surface area (Å²) in [5.74, 6) is 0.509. The van der Waals surface area contributed by atoms with Crippen LogP contribution in [0.3, 0.4) is 0 Å². The Bertz CT molecular complexity index is 535. The number of para-hydroxylation sites is 1. The number of rotatable bonds is 5. The zero-order valence-electron chi connectivity index (χ0n) is 10.8. The van der Waals surface area contributed by atoms with Gasteiger partial charge in [0.05, 0.1) is 20.1 Å². The van der Waals surface area contributed by atoms with Crippen LogP contribution in [0.15, 0.2) is 54.6 Å². The lowest BCUT2D eigenvalue weighted by Crippen LogP contribution is -2.07. The lowest BCUT2D eigenvalue weighted by Gasteiger charge is -2.11. The van der Waals surface area contributed by atoms with Gasteiger partial charge in [0.2, 0.25) is 0 Å². The second-order valence-corrected chi connectivity index (χ2v) is 4.04. The first kappa shape index (κ1) is 13.1. The van der Waals surface area contributed by atoms with E-state index in [1.165, 1.54) is 7.11 Å². The predicted octanol–water partition coefficient (Wildman–Crippen LogP) is 3.30. The van der Waals surface area contributed by atoms with Gasteiger partial charge in [-0.1, -0.05) is 48.5 Å². The fourth-order valence-electron chi connectivity index (χ4n) is 1.80. The molecule has 0 amide bonds. The summed E-state index contributed by atoms with van der Waals surface area (Å²) in [6.07, 6.45) is 0.250. The summed E-state index contributed by atoms with van der Waals surface area (Å²) in [7, 11) is 1.38. The van der Waals surface area contributed by atoms with Gasteiger partial charge in [-0.15, -0.1) is 0 Å². The molecule has 19 heavy (non-hydrogen) atoms. The summed E-state index contributed by atoms with van der Waals surface area (Å²) < 4.78 is 10.2. The van der Waals surface area contributed by atoms with Gasteiger partial charge in [-0.05, 0) is 11.6 Å². The Hall–Kier alpha value is -2.29. The van der Waals surface area contributed by atoms with E-state index >= 15 is 0 Å². The van der Waals surface area contributed by atoms with Gasteiger partial charge in [0.15, 0.2) is 0 Å². The highest BCUT2D eigenvalue weighted by molar-refractivity contribution is 5.71. The van der Waals surface area contributed by atoms with Crippen LogP contribution < -0.4 is 4.74 Å². The molecule has 0 aliphatic heterocycles. The van der Waals surface area contributed by atoms with Crippen LogP contribution in [0.25, 0.3) is 11.1 Å². The van der Waals surface area contributed by atoms with Crippen molar-refractivity contribution in [1.82, 2.24) is 0 Å². The zero-order chi connectivity index (χ0) is 13.5. The first-order valence-corrected chi connectivity index (χ1v) is 6.15. The lowest BCUT2D eigenvalue weighted by atomic mass is 10.1. The molecule has 3 heteroatoms. The van der Waals surface area contributed by atoms with Crippen LogP contribution in [-0.2, 0) is 9.53 Å². The number of benzene rings is 2. The van der Waals surface area contributed by atoms with Crippen molar-refractivity contribution >= 4 is 5.97 Å². The van der Waals surface area contributed by atoms with E-state index < -0.39 is 0 Å². The minimum Gasteiger partial charge on any atom is -0.492 e. The summed E-state index contributed by atoms with van der Waals surface area (Å²) in [6, 6.07) is 17.8. The topological polar surface area (TPSA) is 35.5 Å². The van der Waals surface area contributed by atoms with Crippen LogP contribution >= 0.6 is 0 Å². The van der Waals surface area contributed by atoms with Crippen LogP contribution in [0.4, 0.5) is 0 Å².